The number of anilines is 1. The molecule has 9 nitrogen and oxygen atoms in total. The summed E-state index contributed by atoms with van der Waals surface area (Å²) in [6, 6.07) is 6.37. The second-order valence-electron chi connectivity index (χ2n) is 10.3. The maximum absolute atomic E-state index is 13.6. The number of aromatic amines is 1. The third-order valence-electron chi connectivity index (χ3n) is 7.57. The summed E-state index contributed by atoms with van der Waals surface area (Å²) in [5, 5.41) is 13.4. The molecule has 2 unspecified atom stereocenters. The Labute approximate surface area is 240 Å². The zero-order valence-electron chi connectivity index (χ0n) is 22.8. The number of hydrazone groups is 1. The fraction of sp³-hybridized carbons (Fsp3) is 0.448. The number of H-pyrrole nitrogens is 1. The van der Waals surface area contributed by atoms with Gasteiger partial charge in [-0.05, 0) is 25.5 Å². The number of carbonyl (C=O) groups excluding carboxylic acids is 1. The molecular formula is C29H37IN7O2-. The monoisotopic (exact) mass is 642 g/mol. The van der Waals surface area contributed by atoms with Crippen molar-refractivity contribution in [2.24, 2.45) is 11.0 Å². The molecule has 2 aliphatic carbocycles. The molecule has 0 spiro atoms. The normalized spacial score (nSPS) is 20.6. The standard InChI is InChI=1S/C29H37IN7O2/c1-4-34-30-17-33-27-10-9-20(14-31-27)21-12-23(25-16-35-37(26(25)13-21)22-7-5-6-8-22)28(38)32-15-24-18(2)11-19(3)36-29(24)39/h9-14,16,22,25-26,34H,4-8,15,17H2,1-3H3,(H,31,33)(H,32,38)(H,36,39)/q-1. The second kappa shape index (κ2) is 12.5. The summed E-state index contributed by atoms with van der Waals surface area (Å²) in [7, 11) is 0. The van der Waals surface area contributed by atoms with Crippen LogP contribution in [0.1, 0.15) is 55.0 Å². The van der Waals surface area contributed by atoms with Gasteiger partial charge in [-0.2, -0.15) is 0 Å². The van der Waals surface area contributed by atoms with Gasteiger partial charge in [0.15, 0.2) is 0 Å². The molecule has 1 saturated carbocycles. The summed E-state index contributed by atoms with van der Waals surface area (Å²) >= 11 is -0.0870. The first kappa shape index (κ1) is 27.6. The molecule has 2 atom stereocenters. The summed E-state index contributed by atoms with van der Waals surface area (Å²) in [6.45, 7) is 7.04. The number of aryl methyl sites for hydroxylation is 2. The van der Waals surface area contributed by atoms with E-state index in [4.69, 9.17) is 5.10 Å². The summed E-state index contributed by atoms with van der Waals surface area (Å²) in [5.74, 6) is 0.548. The van der Waals surface area contributed by atoms with Crippen molar-refractivity contribution >= 4 is 23.5 Å². The van der Waals surface area contributed by atoms with Crippen molar-refractivity contribution < 1.29 is 26.3 Å². The van der Waals surface area contributed by atoms with Gasteiger partial charge in [0.05, 0.1) is 0 Å². The topological polar surface area (TPSA) is 115 Å². The summed E-state index contributed by atoms with van der Waals surface area (Å²) in [4.78, 5) is 33.6. The Morgan fingerprint density at radius 2 is 2.05 bits per heavy atom. The number of halogens is 1. The van der Waals surface area contributed by atoms with E-state index in [9.17, 15) is 9.59 Å². The van der Waals surface area contributed by atoms with E-state index < -0.39 is 0 Å². The van der Waals surface area contributed by atoms with Crippen LogP contribution in [0.5, 0.6) is 0 Å². The number of hydrogen-bond donors (Lipinski definition) is 4. The van der Waals surface area contributed by atoms with Gasteiger partial charge in [-0.15, -0.1) is 0 Å². The van der Waals surface area contributed by atoms with E-state index in [0.29, 0.717) is 17.2 Å². The Kier molecular flexibility index (Phi) is 8.81. The van der Waals surface area contributed by atoms with Crippen molar-refractivity contribution in [1.82, 2.24) is 23.8 Å². The Bertz CT molecular complexity index is 1340. The van der Waals surface area contributed by atoms with Crippen molar-refractivity contribution in [2.45, 2.75) is 65.1 Å². The van der Waals surface area contributed by atoms with Crippen molar-refractivity contribution in [3.05, 3.63) is 74.9 Å². The van der Waals surface area contributed by atoms with Gasteiger partial charge < -0.3 is 4.98 Å². The van der Waals surface area contributed by atoms with Crippen LogP contribution >= 0.6 is 0 Å². The van der Waals surface area contributed by atoms with E-state index in [1.165, 1.54) is 12.8 Å². The molecule has 4 N–H and O–H groups in total. The number of carbonyl (C=O) groups is 1. The molecule has 1 amide bonds. The van der Waals surface area contributed by atoms with E-state index in [-0.39, 0.29) is 51.4 Å². The van der Waals surface area contributed by atoms with Gasteiger partial charge in [0.2, 0.25) is 0 Å². The number of amides is 1. The molecule has 0 bridgehead atoms. The molecule has 0 aromatic carbocycles. The van der Waals surface area contributed by atoms with Crippen LogP contribution in [0.25, 0.3) is 5.57 Å². The number of nitrogens with zero attached hydrogens (tertiary/aromatic N) is 3. The number of rotatable bonds is 10. The molecule has 3 heterocycles. The van der Waals surface area contributed by atoms with Crippen LogP contribution in [0.15, 0.2) is 52.0 Å². The average Bonchev–Trinajstić information content (AvgIpc) is 3.60. The molecule has 208 valence electrons. The van der Waals surface area contributed by atoms with E-state index in [0.717, 1.165) is 52.1 Å². The molecule has 3 aliphatic rings. The van der Waals surface area contributed by atoms with Crippen LogP contribution in [0.3, 0.4) is 0 Å². The number of allylic oxidation sites excluding steroid dienone is 2. The Morgan fingerprint density at radius 3 is 2.77 bits per heavy atom. The van der Waals surface area contributed by atoms with Crippen molar-refractivity contribution in [3.8, 4) is 0 Å². The molecule has 0 radical (unpaired) electrons. The van der Waals surface area contributed by atoms with Crippen molar-refractivity contribution in [1.29, 1.82) is 0 Å². The predicted octanol–water partition coefficient (Wildman–Crippen LogP) is 0.238. The minimum atomic E-state index is -0.173. The average molecular weight is 643 g/mol. The molecule has 1 fully saturated rings. The zero-order chi connectivity index (χ0) is 27.4. The first-order valence-electron chi connectivity index (χ1n) is 13.7. The van der Waals surface area contributed by atoms with Gasteiger partial charge in [0.25, 0.3) is 5.56 Å². The number of alkyl halides is 1. The van der Waals surface area contributed by atoms with Crippen LogP contribution in [0, 0.1) is 19.8 Å². The van der Waals surface area contributed by atoms with Gasteiger partial charge in [0, 0.05) is 11.3 Å². The summed E-state index contributed by atoms with van der Waals surface area (Å²) < 4.78 is 4.31. The first-order chi connectivity index (χ1) is 18.9. The first-order valence-corrected chi connectivity index (χ1v) is 16.3. The molecule has 39 heavy (non-hydrogen) atoms. The SMILES string of the molecule is CCN[I-]CNc1ccc(C2=CC3C(C=NN3C3CCCC3)C(C(=O)NCc3c(C)cc(C)[nH]c3=O)=C2)cn1. The summed E-state index contributed by atoms with van der Waals surface area (Å²) in [5.41, 5.74) is 4.70. The third kappa shape index (κ3) is 6.27. The number of aromatic nitrogens is 2. The molecule has 5 rings (SSSR count). The van der Waals surface area contributed by atoms with Gasteiger partial charge in [-0.1, -0.05) is 12.8 Å². The Hall–Kier alpha value is -2.99. The quantitative estimate of drug-likeness (QED) is 0.0972. The van der Waals surface area contributed by atoms with Gasteiger partial charge in [-0.25, -0.2) is 0 Å². The molecule has 2 aromatic rings. The maximum atomic E-state index is 13.6. The van der Waals surface area contributed by atoms with Crippen LogP contribution in [-0.2, 0) is 11.3 Å². The second-order valence-corrected chi connectivity index (χ2v) is 12.6. The van der Waals surface area contributed by atoms with Crippen molar-refractivity contribution in [3.63, 3.8) is 0 Å². The van der Waals surface area contributed by atoms with Crippen LogP contribution in [-0.4, -0.2) is 50.3 Å². The molecule has 1 aliphatic heterocycles. The van der Waals surface area contributed by atoms with E-state index in [1.807, 2.05) is 44.5 Å². The van der Waals surface area contributed by atoms with Crippen LogP contribution < -0.4 is 41.2 Å². The molecular weight excluding hydrogens is 605 g/mol. The Balaban J connectivity index is 1.38. The van der Waals surface area contributed by atoms with E-state index >= 15 is 0 Å². The number of fused-ring (bicyclic) bond motifs is 1. The number of nitrogens with one attached hydrogen (secondary N) is 4. The predicted molar refractivity (Wildman–Crippen MR) is 151 cm³/mol. The fourth-order valence-electron chi connectivity index (χ4n) is 5.61. The molecule has 10 heteroatoms. The molecule has 2 aromatic heterocycles. The molecule has 0 saturated heterocycles. The van der Waals surface area contributed by atoms with Gasteiger partial charge >= 0.3 is 176 Å². The van der Waals surface area contributed by atoms with Gasteiger partial charge in [-0.3, -0.25) is 4.79 Å². The zero-order valence-corrected chi connectivity index (χ0v) is 24.9. The van der Waals surface area contributed by atoms with Crippen LogP contribution in [0.4, 0.5) is 5.82 Å². The van der Waals surface area contributed by atoms with Gasteiger partial charge in [0.1, 0.15) is 0 Å². The fourth-order valence-corrected chi connectivity index (χ4v) is 7.00. The van der Waals surface area contributed by atoms with Crippen LogP contribution in [0.2, 0.25) is 0 Å². The number of pyridine rings is 2. The Morgan fingerprint density at radius 1 is 1.23 bits per heavy atom. The van der Waals surface area contributed by atoms with E-state index in [1.54, 1.807) is 0 Å². The van der Waals surface area contributed by atoms with Crippen molar-refractivity contribution in [2.75, 3.05) is 16.4 Å². The van der Waals surface area contributed by atoms with E-state index in [2.05, 4.69) is 48.2 Å². The minimum absolute atomic E-state index is 0.0129. The third-order valence-corrected chi connectivity index (χ3v) is 9.64. The number of hydrogen-bond acceptors (Lipinski definition) is 7. The summed E-state index contributed by atoms with van der Waals surface area (Å²) in [6.07, 6.45) is 12.7.